The van der Waals surface area contributed by atoms with Crippen molar-refractivity contribution in [1.82, 2.24) is 9.80 Å². The predicted octanol–water partition coefficient (Wildman–Crippen LogP) is 4.28. The Morgan fingerprint density at radius 1 is 1.24 bits per heavy atom. The summed E-state index contributed by atoms with van der Waals surface area (Å²) >= 11 is 0. The van der Waals surface area contributed by atoms with Gasteiger partial charge in [-0.1, -0.05) is 42.8 Å². The smallest absolute Gasteiger partial charge is 0.229 e. The third kappa shape index (κ3) is 4.21. The first-order chi connectivity index (χ1) is 11.8. The highest BCUT2D eigenvalue weighted by molar-refractivity contribution is 5.83. The van der Waals surface area contributed by atoms with E-state index in [1.165, 1.54) is 16.7 Å². The Morgan fingerprint density at radius 2 is 1.88 bits per heavy atom. The van der Waals surface area contributed by atoms with Crippen LogP contribution < -0.4 is 0 Å². The summed E-state index contributed by atoms with van der Waals surface area (Å²) in [6.45, 7) is 16.4. The maximum atomic E-state index is 13.2. The van der Waals surface area contributed by atoms with Gasteiger partial charge in [0.05, 0.1) is 11.5 Å². The van der Waals surface area contributed by atoms with Crippen LogP contribution in [0.3, 0.4) is 0 Å². The summed E-state index contributed by atoms with van der Waals surface area (Å²) in [4.78, 5) is 17.7. The number of benzene rings is 1. The molecule has 1 heterocycles. The zero-order valence-corrected chi connectivity index (χ0v) is 16.2. The van der Waals surface area contributed by atoms with Crippen LogP contribution in [0.1, 0.15) is 42.5 Å². The first-order valence-electron chi connectivity index (χ1n) is 9.11. The van der Waals surface area contributed by atoms with Crippen molar-refractivity contribution in [3.8, 4) is 0 Å². The minimum absolute atomic E-state index is 0.218. The Bertz CT molecular complexity index is 639. The minimum atomic E-state index is -0.439. The molecular formula is C22H32N2O. The van der Waals surface area contributed by atoms with Gasteiger partial charge in [-0.05, 0) is 44.9 Å². The number of hydrogen-bond acceptors (Lipinski definition) is 2. The van der Waals surface area contributed by atoms with Crippen LogP contribution in [0, 0.1) is 19.3 Å². The monoisotopic (exact) mass is 340 g/mol. The van der Waals surface area contributed by atoms with Crippen LogP contribution >= 0.6 is 0 Å². The highest BCUT2D eigenvalue weighted by Crippen LogP contribution is 2.33. The van der Waals surface area contributed by atoms with Gasteiger partial charge >= 0.3 is 0 Å². The molecular weight excluding hydrogens is 308 g/mol. The molecule has 3 heteroatoms. The number of likely N-dealkylation sites (N-methyl/N-ethyl adjacent to an activating group) is 1. The summed E-state index contributed by atoms with van der Waals surface area (Å²) in [5.41, 5.74) is 3.44. The molecule has 1 fully saturated rings. The highest BCUT2D eigenvalue weighted by atomic mass is 16.2. The van der Waals surface area contributed by atoms with Crippen LogP contribution in [0.2, 0.25) is 0 Å². The van der Waals surface area contributed by atoms with Crippen molar-refractivity contribution in [1.29, 1.82) is 0 Å². The van der Waals surface area contributed by atoms with Crippen LogP contribution in [0.4, 0.5) is 0 Å². The van der Waals surface area contributed by atoms with Crippen molar-refractivity contribution >= 4 is 5.91 Å². The van der Waals surface area contributed by atoms with E-state index in [2.05, 4.69) is 57.2 Å². The Kier molecular flexibility index (Phi) is 6.23. The van der Waals surface area contributed by atoms with Crippen molar-refractivity contribution in [2.45, 2.75) is 39.7 Å². The Labute approximate surface area is 153 Å². The van der Waals surface area contributed by atoms with E-state index < -0.39 is 5.41 Å². The molecule has 0 saturated carbocycles. The van der Waals surface area contributed by atoms with Gasteiger partial charge in [0.2, 0.25) is 5.91 Å². The van der Waals surface area contributed by atoms with E-state index >= 15 is 0 Å². The fourth-order valence-corrected chi connectivity index (χ4v) is 3.79. The average molecular weight is 341 g/mol. The highest BCUT2D eigenvalue weighted by Gasteiger charge is 2.38. The number of carbonyl (C=O) groups is 1. The van der Waals surface area contributed by atoms with Crippen molar-refractivity contribution in [3.63, 3.8) is 0 Å². The predicted molar refractivity (Wildman–Crippen MR) is 106 cm³/mol. The van der Waals surface area contributed by atoms with Crippen molar-refractivity contribution in [2.24, 2.45) is 5.41 Å². The van der Waals surface area contributed by atoms with Crippen molar-refractivity contribution < 1.29 is 4.79 Å². The first-order valence-corrected chi connectivity index (χ1v) is 9.11. The lowest BCUT2D eigenvalue weighted by molar-refractivity contribution is -0.144. The number of nitrogens with zero attached hydrogens (tertiary/aromatic N) is 2. The molecule has 1 aliphatic heterocycles. The second-order valence-corrected chi connectivity index (χ2v) is 7.65. The van der Waals surface area contributed by atoms with Gasteiger partial charge in [0.25, 0.3) is 0 Å². The van der Waals surface area contributed by atoms with Gasteiger partial charge in [-0.25, -0.2) is 0 Å². The molecule has 1 amide bonds. The van der Waals surface area contributed by atoms with Gasteiger partial charge in [-0.15, -0.1) is 13.2 Å². The van der Waals surface area contributed by atoms with Crippen molar-refractivity contribution in [3.05, 3.63) is 60.2 Å². The van der Waals surface area contributed by atoms with Gasteiger partial charge < -0.3 is 4.90 Å². The molecule has 0 aromatic heterocycles. The van der Waals surface area contributed by atoms with Gasteiger partial charge in [0, 0.05) is 19.6 Å². The third-order valence-electron chi connectivity index (χ3n) is 5.43. The number of allylic oxidation sites excluding steroid dienone is 2. The number of rotatable bonds is 6. The number of piperazine rings is 1. The van der Waals surface area contributed by atoms with Crippen LogP contribution in [-0.4, -0.2) is 42.4 Å². The summed E-state index contributed by atoms with van der Waals surface area (Å²) < 4.78 is 0. The molecule has 0 bridgehead atoms. The quantitative estimate of drug-likeness (QED) is 0.722. The summed E-state index contributed by atoms with van der Waals surface area (Å²) in [5.74, 6) is 0.218. The summed E-state index contributed by atoms with van der Waals surface area (Å²) in [7, 11) is 2.15. The standard InChI is InChI=1S/C22H32N2O/c1-7-11-22(5,12-8-2)21(25)24-14-13-23(6)20(16-24)19-15-17(3)9-10-18(19)4/h7-10,15,20H,1-2,11-14,16H2,3-6H3. The van der Waals surface area contributed by atoms with E-state index in [1.807, 2.05) is 24.0 Å². The van der Waals surface area contributed by atoms with Gasteiger partial charge in [-0.2, -0.15) is 0 Å². The van der Waals surface area contributed by atoms with E-state index in [9.17, 15) is 4.79 Å². The maximum absolute atomic E-state index is 13.2. The SMILES string of the molecule is C=CCC(C)(CC=C)C(=O)N1CCN(C)C(c2cc(C)ccc2C)C1. The largest absolute Gasteiger partial charge is 0.339 e. The van der Waals surface area contributed by atoms with E-state index in [4.69, 9.17) is 0 Å². The molecule has 136 valence electrons. The molecule has 1 aliphatic rings. The molecule has 0 aliphatic carbocycles. The molecule has 1 aromatic rings. The van der Waals surface area contributed by atoms with Gasteiger partial charge in [0.1, 0.15) is 0 Å². The van der Waals surface area contributed by atoms with Gasteiger partial charge in [-0.3, -0.25) is 9.69 Å². The lowest BCUT2D eigenvalue weighted by atomic mass is 9.81. The third-order valence-corrected chi connectivity index (χ3v) is 5.43. The summed E-state index contributed by atoms with van der Waals surface area (Å²) in [5, 5.41) is 0. The number of carbonyl (C=O) groups excluding carboxylic acids is 1. The maximum Gasteiger partial charge on any atom is 0.229 e. The molecule has 0 N–H and O–H groups in total. The number of amides is 1. The first kappa shape index (κ1) is 19.5. The topological polar surface area (TPSA) is 23.6 Å². The lowest BCUT2D eigenvalue weighted by Crippen LogP contribution is -2.52. The lowest BCUT2D eigenvalue weighted by Gasteiger charge is -2.43. The molecule has 2 rings (SSSR count). The zero-order chi connectivity index (χ0) is 18.6. The van der Waals surface area contributed by atoms with Crippen molar-refractivity contribution in [2.75, 3.05) is 26.7 Å². The Hall–Kier alpha value is -1.87. The molecule has 25 heavy (non-hydrogen) atoms. The molecule has 1 unspecified atom stereocenters. The number of hydrogen-bond donors (Lipinski definition) is 0. The fraction of sp³-hybridized carbons (Fsp3) is 0.500. The number of aryl methyl sites for hydroxylation is 2. The molecule has 0 spiro atoms. The summed E-state index contributed by atoms with van der Waals surface area (Å²) in [6, 6.07) is 6.83. The van der Waals surface area contributed by atoms with E-state index in [0.29, 0.717) is 12.8 Å². The normalized spacial score (nSPS) is 18.9. The fourth-order valence-electron chi connectivity index (χ4n) is 3.79. The molecule has 1 atom stereocenters. The van der Waals surface area contributed by atoms with Crippen LogP contribution in [-0.2, 0) is 4.79 Å². The second kappa shape index (κ2) is 8.01. The van der Waals surface area contributed by atoms with E-state index in [0.717, 1.165) is 19.6 Å². The second-order valence-electron chi connectivity index (χ2n) is 7.65. The van der Waals surface area contributed by atoms with Crippen LogP contribution in [0.15, 0.2) is 43.5 Å². The zero-order valence-electron chi connectivity index (χ0n) is 16.2. The molecule has 0 radical (unpaired) electrons. The Morgan fingerprint density at radius 3 is 2.48 bits per heavy atom. The average Bonchev–Trinajstić information content (AvgIpc) is 2.57. The molecule has 1 aromatic carbocycles. The molecule has 3 nitrogen and oxygen atoms in total. The van der Waals surface area contributed by atoms with Gasteiger partial charge in [0.15, 0.2) is 0 Å². The minimum Gasteiger partial charge on any atom is -0.339 e. The Balaban J connectivity index is 2.27. The van der Waals surface area contributed by atoms with Crippen LogP contribution in [0.5, 0.6) is 0 Å². The molecule has 1 saturated heterocycles. The van der Waals surface area contributed by atoms with Crippen LogP contribution in [0.25, 0.3) is 0 Å². The summed E-state index contributed by atoms with van der Waals surface area (Å²) in [6.07, 6.45) is 5.05. The van der Waals surface area contributed by atoms with E-state index in [-0.39, 0.29) is 11.9 Å². The van der Waals surface area contributed by atoms with E-state index in [1.54, 1.807) is 0 Å².